The summed E-state index contributed by atoms with van der Waals surface area (Å²) in [6, 6.07) is 3.09. The molecule has 0 bridgehead atoms. The zero-order chi connectivity index (χ0) is 18.8. The SMILES string of the molecule is CC(C)(C)OC(=O)N1CCN(c2c(CO)cc(Br)cc2[N+](=O)[O-])CC1. The number of nitrogens with zero attached hydrogens (tertiary/aromatic N) is 3. The van der Waals surface area contributed by atoms with Crippen molar-refractivity contribution < 1.29 is 19.6 Å². The van der Waals surface area contributed by atoms with Crippen molar-refractivity contribution in [2.24, 2.45) is 0 Å². The molecule has 138 valence electrons. The predicted octanol–water partition coefficient (Wildman–Crippen LogP) is 2.91. The van der Waals surface area contributed by atoms with Gasteiger partial charge in [-0.25, -0.2) is 4.79 Å². The van der Waals surface area contributed by atoms with E-state index >= 15 is 0 Å². The molecule has 1 aromatic carbocycles. The Hall–Kier alpha value is -1.87. The molecular weight excluding hydrogens is 394 g/mol. The number of piperazine rings is 1. The quantitative estimate of drug-likeness (QED) is 0.601. The standard InChI is InChI=1S/C16H22BrN3O5/c1-16(2,3)25-15(22)19-6-4-18(5-7-19)14-11(10-21)8-12(17)9-13(14)20(23)24/h8-9,21H,4-7,10H2,1-3H3. The summed E-state index contributed by atoms with van der Waals surface area (Å²) < 4.78 is 5.90. The van der Waals surface area contributed by atoms with E-state index in [-0.39, 0.29) is 18.4 Å². The lowest BCUT2D eigenvalue weighted by molar-refractivity contribution is -0.384. The molecule has 1 N–H and O–H groups in total. The van der Waals surface area contributed by atoms with Gasteiger partial charge in [-0.05, 0) is 26.8 Å². The van der Waals surface area contributed by atoms with Crippen LogP contribution in [0.3, 0.4) is 0 Å². The number of anilines is 1. The van der Waals surface area contributed by atoms with Crippen molar-refractivity contribution in [2.75, 3.05) is 31.1 Å². The van der Waals surface area contributed by atoms with Crippen LogP contribution in [0, 0.1) is 10.1 Å². The molecule has 0 aromatic heterocycles. The summed E-state index contributed by atoms with van der Waals surface area (Å²) in [5.41, 5.74) is 0.249. The van der Waals surface area contributed by atoms with Crippen LogP contribution in [0.4, 0.5) is 16.2 Å². The number of nitro benzene ring substituents is 1. The second kappa shape index (κ2) is 7.57. The number of rotatable bonds is 3. The number of halogens is 1. The molecule has 0 aliphatic carbocycles. The van der Waals surface area contributed by atoms with E-state index in [2.05, 4.69) is 15.9 Å². The second-order valence-electron chi connectivity index (χ2n) is 6.80. The van der Waals surface area contributed by atoms with E-state index in [9.17, 15) is 20.0 Å². The van der Waals surface area contributed by atoms with Crippen LogP contribution >= 0.6 is 15.9 Å². The van der Waals surface area contributed by atoms with Crippen molar-refractivity contribution in [3.8, 4) is 0 Å². The number of hydrogen-bond acceptors (Lipinski definition) is 6. The van der Waals surface area contributed by atoms with Crippen LogP contribution in [0.25, 0.3) is 0 Å². The first-order valence-corrected chi connectivity index (χ1v) is 8.72. The minimum Gasteiger partial charge on any atom is -0.444 e. The molecular formula is C16H22BrN3O5. The van der Waals surface area contributed by atoms with Crippen molar-refractivity contribution in [2.45, 2.75) is 33.0 Å². The van der Waals surface area contributed by atoms with Crippen LogP contribution in [0.5, 0.6) is 0 Å². The van der Waals surface area contributed by atoms with Gasteiger partial charge >= 0.3 is 6.09 Å². The van der Waals surface area contributed by atoms with Crippen molar-refractivity contribution in [3.63, 3.8) is 0 Å². The van der Waals surface area contributed by atoms with E-state index in [1.807, 2.05) is 4.90 Å². The summed E-state index contributed by atoms with van der Waals surface area (Å²) in [6.45, 7) is 6.75. The molecule has 1 saturated heterocycles. The van der Waals surface area contributed by atoms with Gasteiger partial charge in [-0.3, -0.25) is 10.1 Å². The van der Waals surface area contributed by atoms with Crippen LogP contribution < -0.4 is 4.90 Å². The third kappa shape index (κ3) is 4.82. The molecule has 1 aliphatic heterocycles. The first-order valence-electron chi connectivity index (χ1n) is 7.93. The highest BCUT2D eigenvalue weighted by Gasteiger charge is 2.30. The predicted molar refractivity (Wildman–Crippen MR) is 96.7 cm³/mol. The molecule has 0 spiro atoms. The molecule has 9 heteroatoms. The Morgan fingerprint density at radius 3 is 2.40 bits per heavy atom. The Morgan fingerprint density at radius 1 is 1.32 bits per heavy atom. The minimum atomic E-state index is -0.567. The maximum Gasteiger partial charge on any atom is 0.410 e. The Bertz CT molecular complexity index is 666. The smallest absolute Gasteiger partial charge is 0.410 e. The average Bonchev–Trinajstić information content (AvgIpc) is 2.52. The van der Waals surface area contributed by atoms with E-state index in [0.717, 1.165) is 0 Å². The number of carbonyl (C=O) groups is 1. The van der Waals surface area contributed by atoms with Crippen molar-refractivity contribution in [1.82, 2.24) is 4.90 Å². The van der Waals surface area contributed by atoms with Gasteiger partial charge in [0.15, 0.2) is 0 Å². The molecule has 8 nitrogen and oxygen atoms in total. The van der Waals surface area contributed by atoms with Crippen LogP contribution in [0.1, 0.15) is 26.3 Å². The second-order valence-corrected chi connectivity index (χ2v) is 7.72. The highest BCUT2D eigenvalue weighted by molar-refractivity contribution is 9.10. The topological polar surface area (TPSA) is 96.2 Å². The highest BCUT2D eigenvalue weighted by Crippen LogP contribution is 2.36. The summed E-state index contributed by atoms with van der Waals surface area (Å²) in [4.78, 5) is 26.5. The fourth-order valence-corrected chi connectivity index (χ4v) is 3.20. The Morgan fingerprint density at radius 2 is 1.92 bits per heavy atom. The molecule has 1 fully saturated rings. The van der Waals surface area contributed by atoms with E-state index < -0.39 is 10.5 Å². The molecule has 2 rings (SSSR count). The highest BCUT2D eigenvalue weighted by atomic mass is 79.9. The maximum absolute atomic E-state index is 12.1. The van der Waals surface area contributed by atoms with Gasteiger partial charge in [-0.2, -0.15) is 0 Å². The Labute approximate surface area is 154 Å². The van der Waals surface area contributed by atoms with Crippen LogP contribution in [0.15, 0.2) is 16.6 Å². The van der Waals surface area contributed by atoms with Gasteiger partial charge in [0.1, 0.15) is 11.3 Å². The molecule has 0 atom stereocenters. The van der Waals surface area contributed by atoms with Crippen LogP contribution in [-0.2, 0) is 11.3 Å². The summed E-state index contributed by atoms with van der Waals surface area (Å²) in [5.74, 6) is 0. The first-order chi connectivity index (χ1) is 11.6. The van der Waals surface area contributed by atoms with Crippen LogP contribution in [0.2, 0.25) is 0 Å². The molecule has 1 aliphatic rings. The van der Waals surface area contributed by atoms with Gasteiger partial charge in [0.05, 0.1) is 11.5 Å². The van der Waals surface area contributed by atoms with Crippen LogP contribution in [-0.4, -0.2) is 52.8 Å². The number of ether oxygens (including phenoxy) is 1. The maximum atomic E-state index is 12.1. The fraction of sp³-hybridized carbons (Fsp3) is 0.562. The fourth-order valence-electron chi connectivity index (χ4n) is 2.70. The van der Waals surface area contributed by atoms with E-state index in [4.69, 9.17) is 4.74 Å². The van der Waals surface area contributed by atoms with Gasteiger partial charge in [0.25, 0.3) is 5.69 Å². The lowest BCUT2D eigenvalue weighted by Crippen LogP contribution is -2.50. The molecule has 0 radical (unpaired) electrons. The van der Waals surface area contributed by atoms with Gasteiger partial charge in [0.2, 0.25) is 0 Å². The third-order valence-electron chi connectivity index (χ3n) is 3.75. The lowest BCUT2D eigenvalue weighted by atomic mass is 10.1. The monoisotopic (exact) mass is 415 g/mol. The van der Waals surface area contributed by atoms with Gasteiger partial charge in [-0.15, -0.1) is 0 Å². The number of amides is 1. The molecule has 1 aromatic rings. The summed E-state index contributed by atoms with van der Waals surface area (Å²) in [7, 11) is 0. The molecule has 0 saturated carbocycles. The van der Waals surface area contributed by atoms with Crippen molar-refractivity contribution in [3.05, 3.63) is 32.3 Å². The lowest BCUT2D eigenvalue weighted by Gasteiger charge is -2.37. The zero-order valence-electron chi connectivity index (χ0n) is 14.5. The van der Waals surface area contributed by atoms with Gasteiger partial charge in [-0.1, -0.05) is 15.9 Å². The van der Waals surface area contributed by atoms with E-state index in [0.29, 0.717) is 41.9 Å². The number of aliphatic hydroxyl groups excluding tert-OH is 1. The summed E-state index contributed by atoms with van der Waals surface area (Å²) >= 11 is 3.23. The number of aliphatic hydroxyl groups is 1. The Balaban J connectivity index is 2.18. The number of benzene rings is 1. The first kappa shape index (κ1) is 19.5. The van der Waals surface area contributed by atoms with Crippen molar-refractivity contribution >= 4 is 33.4 Å². The Kier molecular flexibility index (Phi) is 5.89. The molecule has 0 unspecified atom stereocenters. The number of hydrogen-bond donors (Lipinski definition) is 1. The zero-order valence-corrected chi connectivity index (χ0v) is 16.1. The number of nitro groups is 1. The summed E-state index contributed by atoms with van der Waals surface area (Å²) in [6.07, 6.45) is -0.389. The molecule has 1 heterocycles. The van der Waals surface area contributed by atoms with Gasteiger partial charge in [0, 0.05) is 42.3 Å². The summed E-state index contributed by atoms with van der Waals surface area (Å²) in [5, 5.41) is 21.0. The third-order valence-corrected chi connectivity index (χ3v) is 4.21. The minimum absolute atomic E-state index is 0.0656. The normalized spacial score (nSPS) is 15.2. The number of carbonyl (C=O) groups excluding carboxylic acids is 1. The largest absolute Gasteiger partial charge is 0.444 e. The van der Waals surface area contributed by atoms with Crippen molar-refractivity contribution in [1.29, 1.82) is 0 Å². The van der Waals surface area contributed by atoms with E-state index in [1.165, 1.54) is 6.07 Å². The molecule has 25 heavy (non-hydrogen) atoms. The van der Waals surface area contributed by atoms with Gasteiger partial charge < -0.3 is 19.6 Å². The average molecular weight is 416 g/mol. The molecule has 1 amide bonds. The van der Waals surface area contributed by atoms with E-state index in [1.54, 1.807) is 31.7 Å².